The van der Waals surface area contributed by atoms with Crippen LogP contribution in [0.5, 0.6) is 0 Å². The molecule has 0 radical (unpaired) electrons. The van der Waals surface area contributed by atoms with Crippen LogP contribution in [0, 0.1) is 0 Å². The summed E-state index contributed by atoms with van der Waals surface area (Å²) >= 11 is 0. The Hall–Kier alpha value is -3.28. The number of fused-ring (bicyclic) bond motifs is 1. The van der Waals surface area contributed by atoms with Crippen molar-refractivity contribution in [3.05, 3.63) is 60.4 Å². The van der Waals surface area contributed by atoms with Crippen LogP contribution in [0.15, 0.2) is 54.9 Å². The zero-order valence-electron chi connectivity index (χ0n) is 15.5. The maximum atomic E-state index is 12.8. The number of aromatic nitrogens is 2. The van der Waals surface area contributed by atoms with Gasteiger partial charge in [0.15, 0.2) is 0 Å². The highest BCUT2D eigenvalue weighted by molar-refractivity contribution is 6.08. The zero-order chi connectivity index (χ0) is 19.2. The molecule has 1 N–H and O–H groups in total. The summed E-state index contributed by atoms with van der Waals surface area (Å²) < 4.78 is 0. The average Bonchev–Trinajstić information content (AvgIpc) is 2.72. The molecule has 0 saturated heterocycles. The summed E-state index contributed by atoms with van der Waals surface area (Å²) in [5, 5.41) is 3.49. The largest absolute Gasteiger partial charge is 0.343 e. The number of nitrogens with one attached hydrogen (secondary N) is 1. The number of hydrogen-bond donors (Lipinski definition) is 1. The number of carbonyl (C=O) groups excluding carboxylic acids is 2. The Labute approximate surface area is 158 Å². The van der Waals surface area contributed by atoms with Crippen LogP contribution in [-0.2, 0) is 4.79 Å². The van der Waals surface area contributed by atoms with Gasteiger partial charge in [-0.25, -0.2) is 4.98 Å². The second kappa shape index (κ2) is 8.40. The standard InChI is InChI=1S/C21H22N4O2/c1-3-25(4-2)20(26)14-23-21(27)17-12-19(15-8-7-11-22-13-15)24-18-10-6-5-9-16(17)18/h5-13H,3-4,14H2,1-2H3,(H,23,27). The number of nitrogens with zero attached hydrogens (tertiary/aromatic N) is 3. The Bertz CT molecular complexity index is 953. The third-order valence-corrected chi connectivity index (χ3v) is 4.43. The summed E-state index contributed by atoms with van der Waals surface area (Å²) in [4.78, 5) is 35.5. The molecule has 2 aromatic heterocycles. The number of likely N-dealkylation sites (N-methyl/N-ethyl adjacent to an activating group) is 1. The number of hydrogen-bond acceptors (Lipinski definition) is 4. The van der Waals surface area contributed by atoms with E-state index in [0.717, 1.165) is 16.5 Å². The Kier molecular flexibility index (Phi) is 5.76. The molecule has 6 heteroatoms. The van der Waals surface area contributed by atoms with Crippen molar-refractivity contribution >= 4 is 22.7 Å². The lowest BCUT2D eigenvalue weighted by Gasteiger charge is -2.19. The first-order chi connectivity index (χ1) is 13.1. The minimum Gasteiger partial charge on any atom is -0.343 e. The van der Waals surface area contributed by atoms with Gasteiger partial charge in [0.25, 0.3) is 5.91 Å². The molecular weight excluding hydrogens is 340 g/mol. The lowest BCUT2D eigenvalue weighted by atomic mass is 10.0. The van der Waals surface area contributed by atoms with Gasteiger partial charge in [0.05, 0.1) is 23.3 Å². The molecule has 0 bridgehead atoms. The van der Waals surface area contributed by atoms with Crippen LogP contribution in [0.3, 0.4) is 0 Å². The van der Waals surface area contributed by atoms with E-state index in [1.165, 1.54) is 0 Å². The van der Waals surface area contributed by atoms with Crippen molar-refractivity contribution in [2.75, 3.05) is 19.6 Å². The van der Waals surface area contributed by atoms with Gasteiger partial charge in [0.1, 0.15) is 0 Å². The molecule has 0 atom stereocenters. The highest BCUT2D eigenvalue weighted by Gasteiger charge is 2.16. The van der Waals surface area contributed by atoms with Gasteiger partial charge in [0.2, 0.25) is 5.91 Å². The number of benzene rings is 1. The summed E-state index contributed by atoms with van der Waals surface area (Å²) in [6, 6.07) is 12.9. The highest BCUT2D eigenvalue weighted by atomic mass is 16.2. The molecular formula is C21H22N4O2. The molecule has 0 fully saturated rings. The molecule has 3 rings (SSSR count). The molecule has 27 heavy (non-hydrogen) atoms. The highest BCUT2D eigenvalue weighted by Crippen LogP contribution is 2.24. The molecule has 3 aromatic rings. The van der Waals surface area contributed by atoms with E-state index < -0.39 is 0 Å². The Morgan fingerprint density at radius 1 is 1.07 bits per heavy atom. The molecule has 0 saturated carbocycles. The first-order valence-corrected chi connectivity index (χ1v) is 9.00. The number of pyridine rings is 2. The van der Waals surface area contributed by atoms with E-state index in [1.807, 2.05) is 50.2 Å². The van der Waals surface area contributed by atoms with Crippen molar-refractivity contribution in [2.45, 2.75) is 13.8 Å². The van der Waals surface area contributed by atoms with Crippen LogP contribution in [-0.4, -0.2) is 46.3 Å². The lowest BCUT2D eigenvalue weighted by molar-refractivity contribution is -0.129. The van der Waals surface area contributed by atoms with Crippen molar-refractivity contribution in [2.24, 2.45) is 0 Å². The fourth-order valence-corrected chi connectivity index (χ4v) is 2.96. The number of carbonyl (C=O) groups is 2. The fourth-order valence-electron chi connectivity index (χ4n) is 2.96. The van der Waals surface area contributed by atoms with Gasteiger partial charge in [0, 0.05) is 36.4 Å². The van der Waals surface area contributed by atoms with Gasteiger partial charge in [-0.2, -0.15) is 0 Å². The van der Waals surface area contributed by atoms with E-state index in [0.29, 0.717) is 24.3 Å². The average molecular weight is 362 g/mol. The summed E-state index contributed by atoms with van der Waals surface area (Å²) in [5.41, 5.74) is 2.71. The van der Waals surface area contributed by atoms with Crippen LogP contribution in [0.25, 0.3) is 22.2 Å². The molecule has 138 valence electrons. The van der Waals surface area contributed by atoms with E-state index in [2.05, 4.69) is 15.3 Å². The second-order valence-corrected chi connectivity index (χ2v) is 6.06. The summed E-state index contributed by atoms with van der Waals surface area (Å²) in [5.74, 6) is -0.390. The Morgan fingerprint density at radius 3 is 2.56 bits per heavy atom. The quantitative estimate of drug-likeness (QED) is 0.732. The summed E-state index contributed by atoms with van der Waals surface area (Å²) in [6.45, 7) is 5.04. The van der Waals surface area contributed by atoms with Crippen molar-refractivity contribution in [1.82, 2.24) is 20.2 Å². The molecule has 0 aliphatic rings. The van der Waals surface area contributed by atoms with E-state index in [9.17, 15) is 9.59 Å². The molecule has 0 aliphatic heterocycles. The van der Waals surface area contributed by atoms with Crippen LogP contribution < -0.4 is 5.32 Å². The third-order valence-electron chi connectivity index (χ3n) is 4.43. The van der Waals surface area contributed by atoms with Crippen LogP contribution >= 0.6 is 0 Å². The Morgan fingerprint density at radius 2 is 1.85 bits per heavy atom. The SMILES string of the molecule is CCN(CC)C(=O)CNC(=O)c1cc(-c2cccnc2)nc2ccccc12. The van der Waals surface area contributed by atoms with E-state index >= 15 is 0 Å². The summed E-state index contributed by atoms with van der Waals surface area (Å²) in [6.07, 6.45) is 3.40. The first kappa shape index (κ1) is 18.5. The topological polar surface area (TPSA) is 75.2 Å². The minimum atomic E-state index is -0.292. The van der Waals surface area contributed by atoms with Gasteiger partial charge >= 0.3 is 0 Å². The smallest absolute Gasteiger partial charge is 0.252 e. The fraction of sp³-hybridized carbons (Fsp3) is 0.238. The zero-order valence-corrected chi connectivity index (χ0v) is 15.5. The van der Waals surface area contributed by atoms with E-state index in [-0.39, 0.29) is 18.4 Å². The van der Waals surface area contributed by atoms with Gasteiger partial charge in [-0.15, -0.1) is 0 Å². The number of rotatable bonds is 6. The summed E-state index contributed by atoms with van der Waals surface area (Å²) in [7, 11) is 0. The van der Waals surface area contributed by atoms with Crippen molar-refractivity contribution in [3.8, 4) is 11.3 Å². The van der Waals surface area contributed by atoms with Crippen molar-refractivity contribution in [3.63, 3.8) is 0 Å². The molecule has 0 spiro atoms. The monoisotopic (exact) mass is 362 g/mol. The van der Waals surface area contributed by atoms with Crippen molar-refractivity contribution < 1.29 is 9.59 Å². The number of amides is 2. The van der Waals surface area contributed by atoms with Crippen LogP contribution in [0.4, 0.5) is 0 Å². The van der Waals surface area contributed by atoms with Crippen LogP contribution in [0.2, 0.25) is 0 Å². The number of para-hydroxylation sites is 1. The molecule has 0 aliphatic carbocycles. The normalized spacial score (nSPS) is 10.6. The molecule has 2 heterocycles. The van der Waals surface area contributed by atoms with E-state index in [1.54, 1.807) is 23.4 Å². The molecule has 6 nitrogen and oxygen atoms in total. The van der Waals surface area contributed by atoms with Gasteiger partial charge in [-0.1, -0.05) is 18.2 Å². The van der Waals surface area contributed by atoms with Gasteiger partial charge < -0.3 is 10.2 Å². The predicted octanol–water partition coefficient (Wildman–Crippen LogP) is 2.90. The van der Waals surface area contributed by atoms with Crippen LogP contribution in [0.1, 0.15) is 24.2 Å². The molecule has 0 unspecified atom stereocenters. The van der Waals surface area contributed by atoms with Gasteiger partial charge in [-0.05, 0) is 38.1 Å². The Balaban J connectivity index is 1.93. The molecule has 1 aromatic carbocycles. The maximum absolute atomic E-state index is 12.8. The van der Waals surface area contributed by atoms with Crippen molar-refractivity contribution in [1.29, 1.82) is 0 Å². The minimum absolute atomic E-state index is 0.0284. The van der Waals surface area contributed by atoms with E-state index in [4.69, 9.17) is 0 Å². The first-order valence-electron chi connectivity index (χ1n) is 9.00. The second-order valence-electron chi connectivity index (χ2n) is 6.06. The lowest BCUT2D eigenvalue weighted by Crippen LogP contribution is -2.40. The third kappa shape index (κ3) is 4.11. The van der Waals surface area contributed by atoms with Gasteiger partial charge in [-0.3, -0.25) is 14.6 Å². The molecule has 2 amide bonds. The maximum Gasteiger partial charge on any atom is 0.252 e. The predicted molar refractivity (Wildman–Crippen MR) is 105 cm³/mol.